The third-order valence-electron chi connectivity index (χ3n) is 1.66. The molecular formula is C9H15F3O2. The van der Waals surface area contributed by atoms with E-state index in [1.54, 1.807) is 13.8 Å². The quantitative estimate of drug-likeness (QED) is 0.670. The van der Waals surface area contributed by atoms with E-state index in [9.17, 15) is 18.0 Å². The summed E-state index contributed by atoms with van der Waals surface area (Å²) >= 11 is 0. The monoisotopic (exact) mass is 212 g/mol. The Hall–Kier alpha value is -0.740. The molecule has 0 N–H and O–H groups in total. The molecule has 0 rings (SSSR count). The van der Waals surface area contributed by atoms with E-state index in [1.165, 1.54) is 6.92 Å². The summed E-state index contributed by atoms with van der Waals surface area (Å²) in [6.07, 6.45) is -5.64. The minimum Gasteiger partial charge on any atom is -0.463 e. The van der Waals surface area contributed by atoms with Crippen LogP contribution in [0.1, 0.15) is 33.6 Å². The van der Waals surface area contributed by atoms with Crippen molar-refractivity contribution in [2.75, 3.05) is 0 Å². The lowest BCUT2D eigenvalue weighted by Crippen LogP contribution is -2.25. The van der Waals surface area contributed by atoms with E-state index in [2.05, 4.69) is 0 Å². The highest BCUT2D eigenvalue weighted by Gasteiger charge is 2.35. The number of alkyl halides is 3. The molecule has 1 unspecified atom stereocenters. The fourth-order valence-corrected chi connectivity index (χ4v) is 1.00. The second kappa shape index (κ2) is 5.22. The second-order valence-corrected chi connectivity index (χ2v) is 3.41. The maximum atomic E-state index is 12.0. The Morgan fingerprint density at radius 2 is 1.86 bits per heavy atom. The maximum Gasteiger partial charge on any atom is 0.389 e. The van der Waals surface area contributed by atoms with Crippen LogP contribution >= 0.6 is 0 Å². The van der Waals surface area contributed by atoms with Crippen LogP contribution in [0.2, 0.25) is 0 Å². The Labute approximate surface area is 81.4 Å². The standard InChI is InChI=1S/C9H15F3O2/c1-4-7(5-9(10,11)12)8(13)14-6(2)3/h6-7H,4-5H2,1-3H3. The highest BCUT2D eigenvalue weighted by Crippen LogP contribution is 2.27. The van der Waals surface area contributed by atoms with Gasteiger partial charge in [0, 0.05) is 0 Å². The molecule has 0 aliphatic carbocycles. The van der Waals surface area contributed by atoms with Crippen molar-refractivity contribution in [2.45, 2.75) is 45.9 Å². The summed E-state index contributed by atoms with van der Waals surface area (Å²) in [5, 5.41) is 0. The van der Waals surface area contributed by atoms with Crippen molar-refractivity contribution in [1.82, 2.24) is 0 Å². The van der Waals surface area contributed by atoms with Gasteiger partial charge in [0.15, 0.2) is 0 Å². The Kier molecular flexibility index (Phi) is 4.94. The number of carbonyl (C=O) groups is 1. The molecule has 0 saturated carbocycles. The van der Waals surface area contributed by atoms with Crippen LogP contribution in [-0.4, -0.2) is 18.2 Å². The van der Waals surface area contributed by atoms with Gasteiger partial charge in [-0.1, -0.05) is 6.92 Å². The van der Waals surface area contributed by atoms with Crippen LogP contribution < -0.4 is 0 Å². The first kappa shape index (κ1) is 13.3. The molecule has 2 nitrogen and oxygen atoms in total. The Morgan fingerprint density at radius 3 is 2.14 bits per heavy atom. The topological polar surface area (TPSA) is 26.3 Å². The zero-order chi connectivity index (χ0) is 11.4. The lowest BCUT2D eigenvalue weighted by molar-refractivity contribution is -0.170. The largest absolute Gasteiger partial charge is 0.463 e. The van der Waals surface area contributed by atoms with E-state index < -0.39 is 24.5 Å². The van der Waals surface area contributed by atoms with E-state index in [1.807, 2.05) is 0 Å². The van der Waals surface area contributed by atoms with Gasteiger partial charge in [-0.25, -0.2) is 0 Å². The number of rotatable bonds is 4. The van der Waals surface area contributed by atoms with E-state index >= 15 is 0 Å². The predicted octanol–water partition coefficient (Wildman–Crippen LogP) is 2.92. The molecule has 0 bridgehead atoms. The van der Waals surface area contributed by atoms with Crippen LogP contribution in [0.15, 0.2) is 0 Å². The first-order valence-corrected chi connectivity index (χ1v) is 4.53. The lowest BCUT2D eigenvalue weighted by atomic mass is 10.0. The molecule has 0 amide bonds. The highest BCUT2D eigenvalue weighted by molar-refractivity contribution is 5.72. The molecule has 84 valence electrons. The average molecular weight is 212 g/mol. The van der Waals surface area contributed by atoms with E-state index in [4.69, 9.17) is 4.74 Å². The van der Waals surface area contributed by atoms with Gasteiger partial charge in [-0.2, -0.15) is 13.2 Å². The predicted molar refractivity (Wildman–Crippen MR) is 45.7 cm³/mol. The zero-order valence-corrected chi connectivity index (χ0v) is 8.52. The summed E-state index contributed by atoms with van der Waals surface area (Å²) < 4.78 is 40.7. The lowest BCUT2D eigenvalue weighted by Gasteiger charge is -2.17. The Bertz CT molecular complexity index is 187. The third-order valence-corrected chi connectivity index (χ3v) is 1.66. The molecule has 5 heteroatoms. The van der Waals surface area contributed by atoms with Gasteiger partial charge in [0.25, 0.3) is 0 Å². The second-order valence-electron chi connectivity index (χ2n) is 3.41. The van der Waals surface area contributed by atoms with Gasteiger partial charge in [-0.15, -0.1) is 0 Å². The minimum atomic E-state index is -4.31. The number of esters is 1. The van der Waals surface area contributed by atoms with Crippen LogP contribution in [0.5, 0.6) is 0 Å². The van der Waals surface area contributed by atoms with Gasteiger partial charge >= 0.3 is 12.1 Å². The number of carbonyl (C=O) groups excluding carboxylic acids is 1. The molecule has 1 atom stereocenters. The maximum absolute atomic E-state index is 12.0. The fourth-order valence-electron chi connectivity index (χ4n) is 1.00. The number of ether oxygens (including phenoxy) is 1. The van der Waals surface area contributed by atoms with Gasteiger partial charge in [-0.3, -0.25) is 4.79 Å². The molecule has 14 heavy (non-hydrogen) atoms. The van der Waals surface area contributed by atoms with Crippen LogP contribution in [0, 0.1) is 5.92 Å². The third kappa shape index (κ3) is 5.83. The molecule has 0 aliphatic heterocycles. The van der Waals surface area contributed by atoms with Crippen molar-refractivity contribution in [1.29, 1.82) is 0 Å². The highest BCUT2D eigenvalue weighted by atomic mass is 19.4. The average Bonchev–Trinajstić information content (AvgIpc) is 1.96. The molecule has 0 fully saturated rings. The van der Waals surface area contributed by atoms with Crippen molar-refractivity contribution < 1.29 is 22.7 Å². The zero-order valence-electron chi connectivity index (χ0n) is 8.52. The molecular weight excluding hydrogens is 197 g/mol. The first-order valence-electron chi connectivity index (χ1n) is 4.53. The van der Waals surface area contributed by atoms with Gasteiger partial charge in [0.05, 0.1) is 18.4 Å². The van der Waals surface area contributed by atoms with Crippen molar-refractivity contribution >= 4 is 5.97 Å². The normalized spacial score (nSPS) is 14.2. The van der Waals surface area contributed by atoms with E-state index in [0.29, 0.717) is 0 Å². The summed E-state index contributed by atoms with van der Waals surface area (Å²) in [4.78, 5) is 11.1. The molecule has 0 spiro atoms. The van der Waals surface area contributed by atoms with Crippen LogP contribution in [0.25, 0.3) is 0 Å². The van der Waals surface area contributed by atoms with E-state index in [-0.39, 0.29) is 12.5 Å². The number of hydrogen-bond donors (Lipinski definition) is 0. The summed E-state index contributed by atoms with van der Waals surface area (Å²) in [6.45, 7) is 4.76. The van der Waals surface area contributed by atoms with Crippen molar-refractivity contribution in [3.63, 3.8) is 0 Å². The van der Waals surface area contributed by atoms with E-state index in [0.717, 1.165) is 0 Å². The smallest absolute Gasteiger partial charge is 0.389 e. The Morgan fingerprint density at radius 1 is 1.36 bits per heavy atom. The molecule has 0 aromatic heterocycles. The van der Waals surface area contributed by atoms with Crippen molar-refractivity contribution in [3.8, 4) is 0 Å². The summed E-state index contributed by atoms with van der Waals surface area (Å²) in [7, 11) is 0. The van der Waals surface area contributed by atoms with Crippen LogP contribution in [-0.2, 0) is 9.53 Å². The van der Waals surface area contributed by atoms with Crippen molar-refractivity contribution in [2.24, 2.45) is 5.92 Å². The molecule has 0 aromatic carbocycles. The van der Waals surface area contributed by atoms with Crippen LogP contribution in [0.3, 0.4) is 0 Å². The first-order chi connectivity index (χ1) is 6.26. The summed E-state index contributed by atoms with van der Waals surface area (Å²) in [5.41, 5.74) is 0. The molecule has 0 heterocycles. The summed E-state index contributed by atoms with van der Waals surface area (Å²) in [5.74, 6) is -1.84. The SMILES string of the molecule is CCC(CC(F)(F)F)C(=O)OC(C)C. The molecule has 0 saturated heterocycles. The number of hydrogen-bond acceptors (Lipinski definition) is 2. The number of halogens is 3. The molecule has 0 radical (unpaired) electrons. The Balaban J connectivity index is 4.20. The summed E-state index contributed by atoms with van der Waals surface area (Å²) in [6, 6.07) is 0. The minimum absolute atomic E-state index is 0.144. The molecule has 0 aromatic rings. The van der Waals surface area contributed by atoms with Crippen LogP contribution in [0.4, 0.5) is 13.2 Å². The van der Waals surface area contributed by atoms with Gasteiger partial charge < -0.3 is 4.74 Å². The van der Waals surface area contributed by atoms with Gasteiger partial charge in [0.1, 0.15) is 0 Å². The van der Waals surface area contributed by atoms with Crippen molar-refractivity contribution in [3.05, 3.63) is 0 Å². The van der Waals surface area contributed by atoms with Gasteiger partial charge in [0.2, 0.25) is 0 Å². The fraction of sp³-hybridized carbons (Fsp3) is 0.889. The molecule has 0 aliphatic rings. The van der Waals surface area contributed by atoms with Gasteiger partial charge in [-0.05, 0) is 20.3 Å².